The second-order valence-corrected chi connectivity index (χ2v) is 7.33. The number of nitrogens with zero attached hydrogens (tertiary/aromatic N) is 1. The molecule has 27 heavy (non-hydrogen) atoms. The van der Waals surface area contributed by atoms with Crippen LogP contribution in [0.1, 0.15) is 36.0 Å². The van der Waals surface area contributed by atoms with Crippen LogP contribution in [0.2, 0.25) is 0 Å². The Morgan fingerprint density at radius 3 is 2.59 bits per heavy atom. The van der Waals surface area contributed by atoms with Crippen molar-refractivity contribution >= 4 is 5.91 Å². The highest BCUT2D eigenvalue weighted by molar-refractivity contribution is 5.77. The SMILES string of the molecule is O=C1CCC2(CCN1Cc1ccccc1)COc1cc(C(F)(F)F)ccc12. The number of likely N-dealkylation sites (tertiary alicyclic amines) is 1. The molecule has 1 fully saturated rings. The van der Waals surface area contributed by atoms with Gasteiger partial charge in [-0.05, 0) is 30.5 Å². The van der Waals surface area contributed by atoms with E-state index in [2.05, 4.69) is 0 Å². The van der Waals surface area contributed by atoms with Crippen molar-refractivity contribution in [2.24, 2.45) is 0 Å². The maximum atomic E-state index is 13.0. The molecule has 0 N–H and O–H groups in total. The summed E-state index contributed by atoms with van der Waals surface area (Å²) in [5.74, 6) is 0.380. The Hall–Kier alpha value is -2.50. The van der Waals surface area contributed by atoms with Gasteiger partial charge in [0, 0.05) is 30.5 Å². The molecule has 2 aliphatic rings. The van der Waals surface area contributed by atoms with Gasteiger partial charge >= 0.3 is 6.18 Å². The summed E-state index contributed by atoms with van der Waals surface area (Å²) in [4.78, 5) is 14.4. The number of carbonyl (C=O) groups is 1. The van der Waals surface area contributed by atoms with Gasteiger partial charge in [0.1, 0.15) is 5.75 Å². The zero-order chi connectivity index (χ0) is 19.1. The first-order valence-corrected chi connectivity index (χ1v) is 9.04. The average molecular weight is 375 g/mol. The van der Waals surface area contributed by atoms with Gasteiger partial charge in [-0.1, -0.05) is 36.4 Å². The largest absolute Gasteiger partial charge is 0.492 e. The fraction of sp³-hybridized carbons (Fsp3) is 0.381. The predicted molar refractivity (Wildman–Crippen MR) is 94.3 cm³/mol. The summed E-state index contributed by atoms with van der Waals surface area (Å²) in [6, 6.07) is 13.5. The fourth-order valence-electron chi connectivity index (χ4n) is 4.04. The summed E-state index contributed by atoms with van der Waals surface area (Å²) >= 11 is 0. The lowest BCUT2D eigenvalue weighted by atomic mass is 9.76. The highest BCUT2D eigenvalue weighted by atomic mass is 19.4. The van der Waals surface area contributed by atoms with Crippen LogP contribution in [-0.4, -0.2) is 24.0 Å². The first-order chi connectivity index (χ1) is 12.9. The minimum Gasteiger partial charge on any atom is -0.492 e. The quantitative estimate of drug-likeness (QED) is 0.771. The maximum Gasteiger partial charge on any atom is 0.416 e. The molecule has 0 aromatic heterocycles. The second kappa shape index (κ2) is 6.59. The van der Waals surface area contributed by atoms with Crippen molar-refractivity contribution in [2.75, 3.05) is 13.2 Å². The van der Waals surface area contributed by atoms with Crippen molar-refractivity contribution in [1.82, 2.24) is 4.90 Å². The monoisotopic (exact) mass is 375 g/mol. The number of fused-ring (bicyclic) bond motifs is 2. The number of hydrogen-bond acceptors (Lipinski definition) is 2. The normalized spacial score (nSPS) is 22.5. The molecular formula is C21H20F3NO2. The lowest BCUT2D eigenvalue weighted by Gasteiger charge is -2.26. The van der Waals surface area contributed by atoms with E-state index in [4.69, 9.17) is 4.74 Å². The van der Waals surface area contributed by atoms with E-state index in [1.165, 1.54) is 6.07 Å². The third-order valence-corrected chi connectivity index (χ3v) is 5.63. The molecule has 3 nitrogen and oxygen atoms in total. The van der Waals surface area contributed by atoms with Crippen LogP contribution in [0.15, 0.2) is 48.5 Å². The molecule has 1 atom stereocenters. The molecule has 6 heteroatoms. The average Bonchev–Trinajstić information content (AvgIpc) is 2.93. The molecule has 142 valence electrons. The number of ether oxygens (including phenoxy) is 1. The van der Waals surface area contributed by atoms with E-state index >= 15 is 0 Å². The van der Waals surface area contributed by atoms with Crippen LogP contribution < -0.4 is 4.74 Å². The molecule has 2 aliphatic heterocycles. The Morgan fingerprint density at radius 2 is 1.85 bits per heavy atom. The Bertz CT molecular complexity index is 850. The van der Waals surface area contributed by atoms with E-state index in [0.29, 0.717) is 44.7 Å². The smallest absolute Gasteiger partial charge is 0.416 e. The molecule has 1 unspecified atom stereocenters. The number of benzene rings is 2. The standard InChI is InChI=1S/C21H20F3NO2/c22-21(23,24)16-6-7-17-18(12-16)27-14-20(17)9-8-19(26)25(11-10-20)13-15-4-2-1-3-5-15/h1-7,12H,8-11,13-14H2. The molecule has 2 aromatic rings. The number of amides is 1. The van der Waals surface area contributed by atoms with Gasteiger partial charge in [-0.15, -0.1) is 0 Å². The number of hydrogen-bond donors (Lipinski definition) is 0. The van der Waals surface area contributed by atoms with E-state index in [0.717, 1.165) is 23.3 Å². The minimum atomic E-state index is -4.39. The minimum absolute atomic E-state index is 0.0797. The topological polar surface area (TPSA) is 29.5 Å². The number of halogens is 3. The zero-order valence-corrected chi connectivity index (χ0v) is 14.8. The summed E-state index contributed by atoms with van der Waals surface area (Å²) in [6.07, 6.45) is -2.74. The van der Waals surface area contributed by atoms with Gasteiger partial charge in [-0.2, -0.15) is 13.2 Å². The molecule has 2 aromatic carbocycles. The lowest BCUT2D eigenvalue weighted by molar-refractivity contribution is -0.137. The number of rotatable bonds is 2. The van der Waals surface area contributed by atoms with Crippen LogP contribution >= 0.6 is 0 Å². The van der Waals surface area contributed by atoms with E-state index in [9.17, 15) is 18.0 Å². The summed E-state index contributed by atoms with van der Waals surface area (Å²) in [7, 11) is 0. The van der Waals surface area contributed by atoms with E-state index < -0.39 is 11.7 Å². The molecule has 1 spiro atoms. The van der Waals surface area contributed by atoms with E-state index in [-0.39, 0.29) is 11.3 Å². The van der Waals surface area contributed by atoms with Crippen LogP contribution in [-0.2, 0) is 22.9 Å². The van der Waals surface area contributed by atoms with Crippen LogP contribution in [0, 0.1) is 0 Å². The van der Waals surface area contributed by atoms with Gasteiger partial charge in [-0.3, -0.25) is 4.79 Å². The maximum absolute atomic E-state index is 13.0. The van der Waals surface area contributed by atoms with Crippen LogP contribution in [0.25, 0.3) is 0 Å². The second-order valence-electron chi connectivity index (χ2n) is 7.33. The molecule has 1 amide bonds. The van der Waals surface area contributed by atoms with E-state index in [1.54, 1.807) is 0 Å². The Morgan fingerprint density at radius 1 is 1.07 bits per heavy atom. The van der Waals surface area contributed by atoms with Crippen molar-refractivity contribution < 1.29 is 22.7 Å². The Labute approximate surface area is 155 Å². The van der Waals surface area contributed by atoms with Crippen molar-refractivity contribution in [2.45, 2.75) is 37.4 Å². The highest BCUT2D eigenvalue weighted by Gasteiger charge is 2.44. The summed E-state index contributed by atoms with van der Waals surface area (Å²) in [6.45, 7) is 1.45. The van der Waals surface area contributed by atoms with Crippen molar-refractivity contribution in [1.29, 1.82) is 0 Å². The Kier molecular flexibility index (Phi) is 4.36. The van der Waals surface area contributed by atoms with Crippen molar-refractivity contribution in [3.63, 3.8) is 0 Å². The number of carbonyl (C=O) groups excluding carboxylic acids is 1. The molecule has 0 aliphatic carbocycles. The molecule has 2 heterocycles. The zero-order valence-electron chi connectivity index (χ0n) is 14.8. The van der Waals surface area contributed by atoms with Gasteiger partial charge in [0.15, 0.2) is 0 Å². The molecule has 4 rings (SSSR count). The highest BCUT2D eigenvalue weighted by Crippen LogP contribution is 2.47. The van der Waals surface area contributed by atoms with Gasteiger partial charge in [0.2, 0.25) is 5.91 Å². The first-order valence-electron chi connectivity index (χ1n) is 9.04. The van der Waals surface area contributed by atoms with Crippen LogP contribution in [0.3, 0.4) is 0 Å². The molecule has 0 saturated carbocycles. The third kappa shape index (κ3) is 3.40. The van der Waals surface area contributed by atoms with E-state index in [1.807, 2.05) is 35.2 Å². The lowest BCUT2D eigenvalue weighted by Crippen LogP contribution is -2.32. The number of alkyl halides is 3. The van der Waals surface area contributed by atoms with Crippen molar-refractivity contribution in [3.05, 3.63) is 65.2 Å². The predicted octanol–water partition coefficient (Wildman–Crippen LogP) is 4.55. The van der Waals surface area contributed by atoms with Crippen LogP contribution in [0.4, 0.5) is 13.2 Å². The van der Waals surface area contributed by atoms with Gasteiger partial charge in [0.05, 0.1) is 12.2 Å². The fourth-order valence-corrected chi connectivity index (χ4v) is 4.04. The molecule has 0 radical (unpaired) electrons. The summed E-state index contributed by atoms with van der Waals surface area (Å²) in [5.41, 5.74) is 0.777. The van der Waals surface area contributed by atoms with Crippen LogP contribution in [0.5, 0.6) is 5.75 Å². The molecule has 0 bridgehead atoms. The molecule has 1 saturated heterocycles. The van der Waals surface area contributed by atoms with Gasteiger partial charge < -0.3 is 9.64 Å². The molecular weight excluding hydrogens is 355 g/mol. The van der Waals surface area contributed by atoms with Gasteiger partial charge in [-0.25, -0.2) is 0 Å². The Balaban J connectivity index is 1.56. The summed E-state index contributed by atoms with van der Waals surface area (Å²) < 4.78 is 44.5. The van der Waals surface area contributed by atoms with Gasteiger partial charge in [0.25, 0.3) is 0 Å². The summed E-state index contributed by atoms with van der Waals surface area (Å²) in [5, 5.41) is 0. The first kappa shape index (κ1) is 17.9. The van der Waals surface area contributed by atoms with Crippen molar-refractivity contribution in [3.8, 4) is 5.75 Å². The third-order valence-electron chi connectivity index (χ3n) is 5.63.